The van der Waals surface area contributed by atoms with E-state index in [-0.39, 0.29) is 0 Å². The minimum atomic E-state index is 0.860. The SMILES string of the molecule is Cc1cccnc1CCc1c(C)cccc1Cl. The molecule has 0 saturated heterocycles. The summed E-state index contributed by atoms with van der Waals surface area (Å²) in [4.78, 5) is 4.41. The van der Waals surface area contributed by atoms with Crippen molar-refractivity contribution in [1.82, 2.24) is 4.98 Å². The van der Waals surface area contributed by atoms with E-state index in [4.69, 9.17) is 11.6 Å². The van der Waals surface area contributed by atoms with Crippen LogP contribution in [0.1, 0.15) is 22.4 Å². The van der Waals surface area contributed by atoms with Crippen molar-refractivity contribution in [3.63, 3.8) is 0 Å². The maximum Gasteiger partial charge on any atom is 0.0440 e. The molecule has 2 aromatic rings. The lowest BCUT2D eigenvalue weighted by atomic mass is 10.0. The Morgan fingerprint density at radius 2 is 1.76 bits per heavy atom. The highest BCUT2D eigenvalue weighted by Crippen LogP contribution is 2.21. The van der Waals surface area contributed by atoms with E-state index in [0.29, 0.717) is 0 Å². The minimum Gasteiger partial charge on any atom is -0.261 e. The Kier molecular flexibility index (Phi) is 3.80. The zero-order valence-corrected chi connectivity index (χ0v) is 11.0. The van der Waals surface area contributed by atoms with Crippen molar-refractivity contribution in [2.45, 2.75) is 26.7 Å². The highest BCUT2D eigenvalue weighted by Gasteiger charge is 2.05. The van der Waals surface area contributed by atoms with Gasteiger partial charge in [0.05, 0.1) is 0 Å². The quantitative estimate of drug-likeness (QED) is 0.792. The summed E-state index contributed by atoms with van der Waals surface area (Å²) in [6.45, 7) is 4.20. The molecule has 0 saturated carbocycles. The fraction of sp³-hybridized carbons (Fsp3) is 0.267. The van der Waals surface area contributed by atoms with Crippen molar-refractivity contribution >= 4 is 11.6 Å². The van der Waals surface area contributed by atoms with Crippen LogP contribution in [0.15, 0.2) is 36.5 Å². The average Bonchev–Trinajstić information content (AvgIpc) is 2.30. The van der Waals surface area contributed by atoms with Crippen LogP contribution in [0, 0.1) is 13.8 Å². The molecule has 17 heavy (non-hydrogen) atoms. The number of hydrogen-bond donors (Lipinski definition) is 0. The van der Waals surface area contributed by atoms with Gasteiger partial charge in [-0.2, -0.15) is 0 Å². The summed E-state index contributed by atoms with van der Waals surface area (Å²) < 4.78 is 0. The molecular formula is C15H16ClN. The van der Waals surface area contributed by atoms with Crippen molar-refractivity contribution in [2.24, 2.45) is 0 Å². The van der Waals surface area contributed by atoms with Crippen LogP contribution >= 0.6 is 11.6 Å². The summed E-state index contributed by atoms with van der Waals surface area (Å²) in [5, 5.41) is 0.860. The van der Waals surface area contributed by atoms with Crippen LogP contribution in [0.3, 0.4) is 0 Å². The molecule has 0 aliphatic heterocycles. The second-order valence-corrected chi connectivity index (χ2v) is 4.71. The van der Waals surface area contributed by atoms with Gasteiger partial charge in [-0.05, 0) is 55.5 Å². The summed E-state index contributed by atoms with van der Waals surface area (Å²) >= 11 is 6.22. The molecule has 1 aromatic heterocycles. The predicted molar refractivity (Wildman–Crippen MR) is 72.6 cm³/mol. The maximum atomic E-state index is 6.22. The van der Waals surface area contributed by atoms with Gasteiger partial charge in [-0.1, -0.05) is 29.8 Å². The van der Waals surface area contributed by atoms with Gasteiger partial charge >= 0.3 is 0 Å². The molecule has 0 atom stereocenters. The number of hydrogen-bond acceptors (Lipinski definition) is 1. The molecular weight excluding hydrogens is 230 g/mol. The van der Waals surface area contributed by atoms with Gasteiger partial charge in [-0.15, -0.1) is 0 Å². The first-order valence-corrected chi connectivity index (χ1v) is 6.21. The fourth-order valence-corrected chi connectivity index (χ4v) is 2.32. The lowest BCUT2D eigenvalue weighted by Crippen LogP contribution is -1.99. The molecule has 0 amide bonds. The maximum absolute atomic E-state index is 6.22. The van der Waals surface area contributed by atoms with Crippen LogP contribution in [-0.4, -0.2) is 4.98 Å². The molecule has 1 nitrogen and oxygen atoms in total. The Labute approximate surface area is 107 Å². The zero-order chi connectivity index (χ0) is 12.3. The van der Waals surface area contributed by atoms with Gasteiger partial charge in [-0.3, -0.25) is 4.98 Å². The molecule has 1 heterocycles. The minimum absolute atomic E-state index is 0.860. The number of aryl methyl sites for hydroxylation is 3. The molecule has 0 fully saturated rings. The molecule has 2 rings (SSSR count). The Balaban J connectivity index is 2.16. The van der Waals surface area contributed by atoms with E-state index >= 15 is 0 Å². The van der Waals surface area contributed by atoms with Crippen molar-refractivity contribution in [3.05, 3.63) is 63.9 Å². The van der Waals surface area contributed by atoms with E-state index in [1.54, 1.807) is 0 Å². The van der Waals surface area contributed by atoms with E-state index in [0.717, 1.165) is 23.6 Å². The van der Waals surface area contributed by atoms with E-state index in [9.17, 15) is 0 Å². The predicted octanol–water partition coefficient (Wildman–Crippen LogP) is 4.14. The van der Waals surface area contributed by atoms with E-state index < -0.39 is 0 Å². The van der Waals surface area contributed by atoms with Gasteiger partial charge in [0.15, 0.2) is 0 Å². The van der Waals surface area contributed by atoms with Crippen LogP contribution in [0.4, 0.5) is 0 Å². The van der Waals surface area contributed by atoms with Crippen molar-refractivity contribution < 1.29 is 0 Å². The molecule has 0 unspecified atom stereocenters. The fourth-order valence-electron chi connectivity index (χ4n) is 2.01. The van der Waals surface area contributed by atoms with Gasteiger partial charge in [0, 0.05) is 16.9 Å². The van der Waals surface area contributed by atoms with E-state index in [2.05, 4.69) is 31.0 Å². The van der Waals surface area contributed by atoms with Gasteiger partial charge in [0.25, 0.3) is 0 Å². The van der Waals surface area contributed by atoms with Crippen LogP contribution in [-0.2, 0) is 12.8 Å². The first-order valence-electron chi connectivity index (χ1n) is 5.83. The molecule has 0 bridgehead atoms. The summed E-state index contributed by atoms with van der Waals surface area (Å²) in [5.74, 6) is 0. The highest BCUT2D eigenvalue weighted by molar-refractivity contribution is 6.31. The summed E-state index contributed by atoms with van der Waals surface area (Å²) in [6.07, 6.45) is 3.74. The average molecular weight is 246 g/mol. The van der Waals surface area contributed by atoms with Crippen molar-refractivity contribution in [2.75, 3.05) is 0 Å². The second-order valence-electron chi connectivity index (χ2n) is 4.30. The van der Waals surface area contributed by atoms with Gasteiger partial charge < -0.3 is 0 Å². The third-order valence-electron chi connectivity index (χ3n) is 3.08. The Morgan fingerprint density at radius 1 is 1.00 bits per heavy atom. The Bertz CT molecular complexity index is 500. The van der Waals surface area contributed by atoms with Crippen molar-refractivity contribution in [1.29, 1.82) is 0 Å². The number of benzene rings is 1. The molecule has 0 radical (unpaired) electrons. The number of nitrogens with zero attached hydrogens (tertiary/aromatic N) is 1. The normalized spacial score (nSPS) is 10.5. The Hall–Kier alpha value is -1.34. The molecule has 0 spiro atoms. The summed E-state index contributed by atoms with van der Waals surface area (Å²) in [6, 6.07) is 10.1. The van der Waals surface area contributed by atoms with Gasteiger partial charge in [0.1, 0.15) is 0 Å². The standard InChI is InChI=1S/C15H16ClN/c1-11-5-3-7-14(16)13(11)8-9-15-12(2)6-4-10-17-15/h3-7,10H,8-9H2,1-2H3. The third-order valence-corrected chi connectivity index (χ3v) is 3.44. The Morgan fingerprint density at radius 3 is 2.47 bits per heavy atom. The first kappa shape index (κ1) is 12.1. The molecule has 1 aromatic carbocycles. The summed E-state index contributed by atoms with van der Waals surface area (Å²) in [7, 11) is 0. The largest absolute Gasteiger partial charge is 0.261 e. The topological polar surface area (TPSA) is 12.9 Å². The lowest BCUT2D eigenvalue weighted by Gasteiger charge is -2.09. The highest BCUT2D eigenvalue weighted by atomic mass is 35.5. The molecule has 2 heteroatoms. The number of pyridine rings is 1. The molecule has 88 valence electrons. The summed E-state index contributed by atoms with van der Waals surface area (Å²) in [5.41, 5.74) is 4.90. The smallest absolute Gasteiger partial charge is 0.0440 e. The molecule has 0 aliphatic rings. The monoisotopic (exact) mass is 245 g/mol. The number of rotatable bonds is 3. The molecule has 0 N–H and O–H groups in total. The van der Waals surface area contributed by atoms with E-state index in [1.165, 1.54) is 16.7 Å². The third kappa shape index (κ3) is 2.86. The zero-order valence-electron chi connectivity index (χ0n) is 10.2. The lowest BCUT2D eigenvalue weighted by molar-refractivity contribution is 0.894. The van der Waals surface area contributed by atoms with Crippen LogP contribution in [0.25, 0.3) is 0 Å². The number of aromatic nitrogens is 1. The van der Waals surface area contributed by atoms with E-state index in [1.807, 2.05) is 24.4 Å². The second kappa shape index (κ2) is 5.33. The molecule has 0 aliphatic carbocycles. The number of halogens is 1. The van der Waals surface area contributed by atoms with Crippen LogP contribution in [0.5, 0.6) is 0 Å². The van der Waals surface area contributed by atoms with Crippen LogP contribution in [0.2, 0.25) is 5.02 Å². The first-order chi connectivity index (χ1) is 8.18. The van der Waals surface area contributed by atoms with Crippen molar-refractivity contribution in [3.8, 4) is 0 Å². The van der Waals surface area contributed by atoms with Crippen LogP contribution < -0.4 is 0 Å². The van der Waals surface area contributed by atoms with Gasteiger partial charge in [0.2, 0.25) is 0 Å². The van der Waals surface area contributed by atoms with Gasteiger partial charge in [-0.25, -0.2) is 0 Å².